The Bertz CT molecular complexity index is 1290. The van der Waals surface area contributed by atoms with E-state index in [0.717, 1.165) is 0 Å². The average Bonchev–Trinajstić information content (AvgIpc) is 3.26. The lowest BCUT2D eigenvalue weighted by Gasteiger charge is -2.35. The van der Waals surface area contributed by atoms with Gasteiger partial charge in [-0.2, -0.15) is 13.2 Å². The molecule has 3 fully saturated rings. The Morgan fingerprint density at radius 2 is 1.91 bits per heavy atom. The van der Waals surface area contributed by atoms with E-state index in [0.29, 0.717) is 24.4 Å². The molecule has 3 heterocycles. The van der Waals surface area contributed by atoms with E-state index in [-0.39, 0.29) is 36.1 Å². The zero-order valence-electron chi connectivity index (χ0n) is 24.8. The molecule has 236 valence electrons. The molecule has 0 radical (unpaired) electrons. The lowest BCUT2D eigenvalue weighted by Crippen LogP contribution is -2.59. The molecule has 1 aliphatic carbocycles. The second kappa shape index (κ2) is 12.1. The first-order chi connectivity index (χ1) is 20.0. The molecule has 4 rings (SSSR count). The molecule has 1 saturated carbocycles. The number of amides is 4. The summed E-state index contributed by atoms with van der Waals surface area (Å²) in [6, 6.07) is -0.480. The van der Waals surface area contributed by atoms with Crippen LogP contribution in [0.25, 0.3) is 0 Å². The highest BCUT2D eigenvalue weighted by Crippen LogP contribution is 2.65. The monoisotopic (exact) mass is 609 g/mol. The van der Waals surface area contributed by atoms with Crippen LogP contribution in [0.3, 0.4) is 0 Å². The fraction of sp³-hybridized carbons (Fsp3) is 0.655. The van der Waals surface area contributed by atoms with Crippen molar-refractivity contribution >= 4 is 29.4 Å². The number of alkyl halides is 3. The number of pyridine rings is 1. The highest BCUT2D eigenvalue weighted by Gasteiger charge is 2.69. The zero-order valence-corrected chi connectivity index (χ0v) is 24.8. The molecule has 43 heavy (non-hydrogen) atoms. The lowest BCUT2D eigenvalue weighted by atomic mass is 9.94. The number of halogens is 3. The summed E-state index contributed by atoms with van der Waals surface area (Å²) in [6.07, 6.45) is -3.16. The van der Waals surface area contributed by atoms with Gasteiger partial charge < -0.3 is 25.6 Å². The number of nitrogens with zero attached hydrogens (tertiary/aromatic N) is 2. The molecule has 3 aliphatic rings. The van der Waals surface area contributed by atoms with Crippen molar-refractivity contribution in [3.63, 3.8) is 0 Å². The molecular weight excluding hydrogens is 571 g/mol. The van der Waals surface area contributed by atoms with Crippen LogP contribution in [0.15, 0.2) is 18.3 Å². The largest absolute Gasteiger partial charge is 0.486 e. The van der Waals surface area contributed by atoms with Gasteiger partial charge in [0.2, 0.25) is 17.7 Å². The van der Waals surface area contributed by atoms with Crippen LogP contribution in [0.5, 0.6) is 5.75 Å². The third-order valence-electron chi connectivity index (χ3n) is 8.87. The summed E-state index contributed by atoms with van der Waals surface area (Å²) in [5.41, 5.74) is 0.352. The van der Waals surface area contributed by atoms with Gasteiger partial charge in [-0.15, -0.1) is 0 Å². The molecule has 0 spiro atoms. The second-order valence-corrected chi connectivity index (χ2v) is 12.5. The fourth-order valence-electron chi connectivity index (χ4n) is 6.28. The fourth-order valence-corrected chi connectivity index (χ4v) is 6.28. The van der Waals surface area contributed by atoms with Crippen LogP contribution in [-0.4, -0.2) is 83.3 Å². The van der Waals surface area contributed by atoms with Crippen molar-refractivity contribution in [2.24, 2.45) is 29.1 Å². The van der Waals surface area contributed by atoms with Crippen molar-refractivity contribution in [2.45, 2.75) is 71.8 Å². The van der Waals surface area contributed by atoms with Gasteiger partial charge in [0.25, 0.3) is 0 Å². The van der Waals surface area contributed by atoms with E-state index >= 15 is 0 Å². The Labute approximate surface area is 247 Å². The normalized spacial score (nSPS) is 25.4. The number of nitrogens with one attached hydrogen (secondary N) is 3. The number of aryl methyl sites for hydroxylation is 1. The van der Waals surface area contributed by atoms with Gasteiger partial charge in [-0.25, -0.2) is 0 Å². The smallest absolute Gasteiger partial charge is 0.471 e. The number of hydrogen-bond donors (Lipinski definition) is 3. The maximum absolute atomic E-state index is 13.9. The number of ketones is 1. The highest BCUT2D eigenvalue weighted by molar-refractivity contribution is 5.97. The number of ether oxygens (including phenoxy) is 1. The molecule has 1 aromatic rings. The number of likely N-dealkylation sites (tertiary alicyclic amines) is 1. The summed E-state index contributed by atoms with van der Waals surface area (Å²) in [7, 11) is 0. The second-order valence-electron chi connectivity index (χ2n) is 12.5. The standard InChI is InChI=1S/C29H38F3N5O6/c1-14(2)22(36-27(42)29(30,31)32)26(41)37-12-18-21(28(18,4)5)23(37)25(40)35-19(11-16-6-8-34-24(16)39)20(38)13-43-17-7-9-33-15(3)10-17/h7,9-10,14,16,18-19,21-23H,6,8,11-13H2,1-5H3,(H,34,39)(H,35,40)(H,36,42)/t16-,18-,19-,21-,22-,23-/m0/s1. The van der Waals surface area contributed by atoms with Gasteiger partial charge >= 0.3 is 12.1 Å². The summed E-state index contributed by atoms with van der Waals surface area (Å²) in [6.45, 7) is 8.80. The van der Waals surface area contributed by atoms with Crippen molar-refractivity contribution in [1.82, 2.24) is 25.8 Å². The van der Waals surface area contributed by atoms with Gasteiger partial charge in [0.1, 0.15) is 24.4 Å². The van der Waals surface area contributed by atoms with Crippen LogP contribution in [0, 0.1) is 36.0 Å². The van der Waals surface area contributed by atoms with Crippen molar-refractivity contribution < 1.29 is 41.9 Å². The van der Waals surface area contributed by atoms with Gasteiger partial charge in [0.15, 0.2) is 5.78 Å². The van der Waals surface area contributed by atoms with Crippen LogP contribution >= 0.6 is 0 Å². The summed E-state index contributed by atoms with van der Waals surface area (Å²) >= 11 is 0. The first-order valence-corrected chi connectivity index (χ1v) is 14.4. The Morgan fingerprint density at radius 1 is 1.21 bits per heavy atom. The molecule has 0 unspecified atom stereocenters. The average molecular weight is 610 g/mol. The molecule has 2 saturated heterocycles. The quantitative estimate of drug-likeness (QED) is 0.345. The number of rotatable bonds is 11. The topological polar surface area (TPSA) is 147 Å². The van der Waals surface area contributed by atoms with Gasteiger partial charge in [-0.3, -0.25) is 29.0 Å². The number of carbonyl (C=O) groups excluding carboxylic acids is 5. The molecule has 1 aromatic heterocycles. The molecular formula is C29H38F3N5O6. The summed E-state index contributed by atoms with van der Waals surface area (Å²) in [5, 5.41) is 7.24. The summed E-state index contributed by atoms with van der Waals surface area (Å²) in [5.74, 6) is -5.62. The van der Waals surface area contributed by atoms with Crippen LogP contribution in [0.2, 0.25) is 0 Å². The van der Waals surface area contributed by atoms with Crippen LogP contribution in [0.1, 0.15) is 46.2 Å². The molecule has 14 heteroatoms. The predicted molar refractivity (Wildman–Crippen MR) is 146 cm³/mol. The molecule has 11 nitrogen and oxygen atoms in total. The van der Waals surface area contributed by atoms with E-state index in [4.69, 9.17) is 4.74 Å². The van der Waals surface area contributed by atoms with E-state index in [9.17, 15) is 37.1 Å². The van der Waals surface area contributed by atoms with Gasteiger partial charge in [-0.05, 0) is 49.0 Å². The lowest BCUT2D eigenvalue weighted by molar-refractivity contribution is -0.175. The van der Waals surface area contributed by atoms with Gasteiger partial charge in [-0.1, -0.05) is 27.7 Å². The summed E-state index contributed by atoms with van der Waals surface area (Å²) in [4.78, 5) is 70.2. The Balaban J connectivity index is 1.54. The minimum absolute atomic E-state index is 0.0174. The maximum atomic E-state index is 13.9. The van der Waals surface area contributed by atoms with Crippen molar-refractivity contribution in [3.05, 3.63) is 24.0 Å². The molecule has 6 atom stereocenters. The SMILES string of the molecule is Cc1cc(OCC(=O)[C@H](C[C@@H]2CCNC2=O)NC(=O)[C@@H]2[C@@H]3[C@H](CN2C(=O)[C@@H](NC(=O)C(F)(F)F)C(C)C)C3(C)C)ccn1. The Hall–Kier alpha value is -3.71. The van der Waals surface area contributed by atoms with Crippen molar-refractivity contribution in [1.29, 1.82) is 0 Å². The van der Waals surface area contributed by atoms with Crippen LogP contribution < -0.4 is 20.7 Å². The minimum Gasteiger partial charge on any atom is -0.486 e. The third-order valence-corrected chi connectivity index (χ3v) is 8.87. The number of piperidine rings is 1. The van der Waals surface area contributed by atoms with E-state index in [1.165, 1.54) is 24.9 Å². The Morgan fingerprint density at radius 3 is 2.49 bits per heavy atom. The van der Waals surface area contributed by atoms with Gasteiger partial charge in [0, 0.05) is 37.0 Å². The van der Waals surface area contributed by atoms with Crippen molar-refractivity contribution in [3.8, 4) is 5.75 Å². The van der Waals surface area contributed by atoms with Crippen LogP contribution in [0.4, 0.5) is 13.2 Å². The number of Topliss-reactive ketones (excluding diaryl/α,β-unsaturated/α-hetero) is 1. The molecule has 0 aromatic carbocycles. The molecule has 2 aliphatic heterocycles. The minimum atomic E-state index is -5.18. The summed E-state index contributed by atoms with van der Waals surface area (Å²) < 4.78 is 44.7. The molecule has 4 amide bonds. The number of carbonyl (C=O) groups is 5. The van der Waals surface area contributed by atoms with E-state index < -0.39 is 66.2 Å². The number of fused-ring (bicyclic) bond motifs is 1. The predicted octanol–water partition coefficient (Wildman–Crippen LogP) is 1.54. The number of hydrogen-bond acceptors (Lipinski definition) is 7. The Kier molecular flexibility index (Phi) is 9.08. The molecule has 3 N–H and O–H groups in total. The number of aromatic nitrogens is 1. The maximum Gasteiger partial charge on any atom is 0.471 e. The third kappa shape index (κ3) is 6.93. The first-order valence-electron chi connectivity index (χ1n) is 14.4. The highest BCUT2D eigenvalue weighted by atomic mass is 19.4. The van der Waals surface area contributed by atoms with Crippen molar-refractivity contribution in [2.75, 3.05) is 19.7 Å². The first kappa shape index (κ1) is 32.2. The molecule has 0 bridgehead atoms. The van der Waals surface area contributed by atoms with E-state index in [2.05, 4.69) is 15.6 Å². The van der Waals surface area contributed by atoms with Crippen LogP contribution in [-0.2, 0) is 24.0 Å². The zero-order chi connectivity index (χ0) is 31.9. The van der Waals surface area contributed by atoms with E-state index in [1.54, 1.807) is 24.4 Å². The van der Waals surface area contributed by atoms with Gasteiger partial charge in [0.05, 0.1) is 6.04 Å². The van der Waals surface area contributed by atoms with E-state index in [1.807, 2.05) is 13.8 Å².